The number of anilines is 1. The Bertz CT molecular complexity index is 1630. The maximum Gasteiger partial charge on any atom is 0.407 e. The predicted octanol–water partition coefficient (Wildman–Crippen LogP) is 3.05. The number of carbonyl (C=O) groups is 2. The molecule has 0 aliphatic carbocycles. The van der Waals surface area contributed by atoms with E-state index in [0.717, 1.165) is 5.56 Å². The molecule has 1 aliphatic heterocycles. The molecule has 1 fully saturated rings. The van der Waals surface area contributed by atoms with Crippen molar-refractivity contribution in [2.24, 2.45) is 0 Å². The predicted molar refractivity (Wildman–Crippen MR) is 163 cm³/mol. The van der Waals surface area contributed by atoms with Crippen LogP contribution in [0.5, 0.6) is 23.0 Å². The lowest BCUT2D eigenvalue weighted by Gasteiger charge is -2.33. The number of hydrogen-bond acceptors (Lipinski definition) is 10. The van der Waals surface area contributed by atoms with Crippen LogP contribution in [0.15, 0.2) is 64.4 Å². The molecule has 44 heavy (non-hydrogen) atoms. The van der Waals surface area contributed by atoms with Gasteiger partial charge in [-0.3, -0.25) is 9.52 Å². The van der Waals surface area contributed by atoms with Crippen LogP contribution in [-0.2, 0) is 10.0 Å². The topological polar surface area (TPSA) is 175 Å². The molecule has 2 amide bonds. The van der Waals surface area contributed by atoms with Crippen molar-refractivity contribution in [3.05, 3.63) is 65.7 Å². The van der Waals surface area contributed by atoms with Crippen LogP contribution in [0.3, 0.4) is 0 Å². The third-order valence-corrected chi connectivity index (χ3v) is 8.64. The summed E-state index contributed by atoms with van der Waals surface area (Å²) in [5.74, 6) is -0.0582. The van der Waals surface area contributed by atoms with E-state index in [-0.39, 0.29) is 64.5 Å². The van der Waals surface area contributed by atoms with Gasteiger partial charge in [-0.25, -0.2) is 13.2 Å². The number of nitrogens with one attached hydrogen (secondary N) is 1. The van der Waals surface area contributed by atoms with Crippen LogP contribution in [0, 0.1) is 6.92 Å². The molecule has 1 unspecified atom stereocenters. The molecule has 0 aromatic heterocycles. The lowest BCUT2D eigenvalue weighted by molar-refractivity contribution is 0.0527. The zero-order valence-electron chi connectivity index (χ0n) is 24.0. The molecule has 3 aromatic rings. The normalized spacial score (nSPS) is 14.1. The number of benzene rings is 3. The average molecular weight is 648 g/mol. The van der Waals surface area contributed by atoms with Crippen LogP contribution in [0.1, 0.15) is 15.9 Å². The summed E-state index contributed by atoms with van der Waals surface area (Å²) in [7, 11) is -2.83. The van der Waals surface area contributed by atoms with Crippen molar-refractivity contribution in [2.45, 2.75) is 22.8 Å². The summed E-state index contributed by atoms with van der Waals surface area (Å²) in [5.41, 5.74) is 0.641. The number of piperazine rings is 1. The van der Waals surface area contributed by atoms with Crippen molar-refractivity contribution < 1.29 is 47.5 Å². The second kappa shape index (κ2) is 14.1. The molecule has 1 saturated heterocycles. The summed E-state index contributed by atoms with van der Waals surface area (Å²) < 4.78 is 46.9. The van der Waals surface area contributed by atoms with Crippen molar-refractivity contribution in [1.29, 1.82) is 0 Å². The summed E-state index contributed by atoms with van der Waals surface area (Å²) in [6.45, 7) is 1.18. The van der Waals surface area contributed by atoms with Crippen LogP contribution in [-0.4, -0.2) is 98.1 Å². The summed E-state index contributed by atoms with van der Waals surface area (Å²) >= 11 is 4.34. The number of nitrogens with zero attached hydrogens (tertiary/aromatic N) is 2. The number of aliphatic hydroxyl groups is 2. The Kier molecular flexibility index (Phi) is 10.5. The summed E-state index contributed by atoms with van der Waals surface area (Å²) in [4.78, 5) is 27.7. The van der Waals surface area contributed by atoms with Crippen LogP contribution in [0.2, 0.25) is 0 Å². The molecule has 13 nitrogen and oxygen atoms in total. The van der Waals surface area contributed by atoms with Gasteiger partial charge < -0.3 is 39.3 Å². The Morgan fingerprint density at radius 3 is 2.34 bits per heavy atom. The van der Waals surface area contributed by atoms with Gasteiger partial charge in [0, 0.05) is 42.7 Å². The van der Waals surface area contributed by atoms with E-state index in [0.29, 0.717) is 5.75 Å². The van der Waals surface area contributed by atoms with Gasteiger partial charge >= 0.3 is 6.09 Å². The number of hydrogen-bond donors (Lipinski definition) is 5. The highest BCUT2D eigenvalue weighted by molar-refractivity contribution is 7.93. The van der Waals surface area contributed by atoms with Crippen LogP contribution in [0.25, 0.3) is 0 Å². The number of carboxylic acid groups (broad SMARTS) is 1. The minimum absolute atomic E-state index is 0.00737. The molecule has 1 aliphatic rings. The highest BCUT2D eigenvalue weighted by Gasteiger charge is 2.29. The SMILES string of the molecule is COc1cccc(Oc2c(NS(=O)(=O)c3ccc(C)cc3S)cc(C(=O)N3CCN(C(=O)O)CC3)cc2OCC(O)CO)c1. The van der Waals surface area contributed by atoms with Crippen molar-refractivity contribution in [2.75, 3.05) is 51.2 Å². The fraction of sp³-hybridized carbons (Fsp3) is 0.310. The standard InChI is InChI=1S/C29H33N3O10S2/c1-18-6-7-26(25(43)12-18)44(38,39)30-23-13-19(28(35)31-8-10-32(11-9-31)29(36)37)14-24(41-17-20(34)16-33)27(23)42-22-5-3-4-21(15-22)40-2/h3-7,12-15,20,30,33-34,43H,8-11,16-17H2,1-2H3,(H,36,37). The van der Waals surface area contributed by atoms with Gasteiger partial charge in [0.2, 0.25) is 0 Å². The number of rotatable bonds is 11. The molecule has 0 bridgehead atoms. The van der Waals surface area contributed by atoms with Crippen molar-refractivity contribution in [3.63, 3.8) is 0 Å². The Morgan fingerprint density at radius 1 is 1.02 bits per heavy atom. The van der Waals surface area contributed by atoms with Gasteiger partial charge in [-0.2, -0.15) is 0 Å². The number of ether oxygens (including phenoxy) is 3. The van der Waals surface area contributed by atoms with E-state index in [1.54, 1.807) is 43.3 Å². The van der Waals surface area contributed by atoms with Gasteiger partial charge in [-0.1, -0.05) is 12.1 Å². The zero-order valence-corrected chi connectivity index (χ0v) is 25.7. The number of amides is 2. The van der Waals surface area contributed by atoms with Gasteiger partial charge in [0.25, 0.3) is 15.9 Å². The first-order chi connectivity index (χ1) is 20.9. The maximum absolute atomic E-state index is 13.6. The van der Waals surface area contributed by atoms with Gasteiger partial charge in [-0.15, -0.1) is 12.6 Å². The Morgan fingerprint density at radius 2 is 1.70 bits per heavy atom. The van der Waals surface area contributed by atoms with Crippen molar-refractivity contribution >= 4 is 40.3 Å². The van der Waals surface area contributed by atoms with Crippen LogP contribution in [0.4, 0.5) is 10.5 Å². The molecular formula is C29H33N3O10S2. The molecular weight excluding hydrogens is 614 g/mol. The maximum atomic E-state index is 13.6. The Balaban J connectivity index is 1.82. The molecule has 1 atom stereocenters. The number of aryl methyl sites for hydroxylation is 1. The van der Waals surface area contributed by atoms with E-state index < -0.39 is 41.3 Å². The van der Waals surface area contributed by atoms with E-state index >= 15 is 0 Å². The second-order valence-corrected chi connectivity index (χ2v) is 12.1. The Labute approximate surface area is 260 Å². The highest BCUT2D eigenvalue weighted by Crippen LogP contribution is 2.42. The number of methoxy groups -OCH3 is 1. The first kappa shape index (κ1) is 32.7. The molecule has 0 radical (unpaired) electrons. The van der Waals surface area contributed by atoms with E-state index in [9.17, 15) is 33.3 Å². The third-order valence-electron chi connectivity index (χ3n) is 6.69. The molecule has 3 aromatic carbocycles. The van der Waals surface area contributed by atoms with E-state index in [1.165, 1.54) is 35.1 Å². The lowest BCUT2D eigenvalue weighted by Crippen LogP contribution is -2.50. The van der Waals surface area contributed by atoms with Crippen LogP contribution < -0.4 is 18.9 Å². The molecule has 1 heterocycles. The van der Waals surface area contributed by atoms with E-state index in [2.05, 4.69) is 17.4 Å². The molecule has 15 heteroatoms. The largest absolute Gasteiger partial charge is 0.497 e. The number of carbonyl (C=O) groups excluding carboxylic acids is 1. The van der Waals surface area contributed by atoms with Gasteiger partial charge in [0.15, 0.2) is 11.5 Å². The van der Waals surface area contributed by atoms with Gasteiger partial charge in [0.05, 0.1) is 19.4 Å². The third kappa shape index (κ3) is 7.85. The number of aliphatic hydroxyl groups excluding tert-OH is 2. The highest BCUT2D eigenvalue weighted by atomic mass is 32.2. The minimum Gasteiger partial charge on any atom is -0.497 e. The molecule has 4 N–H and O–H groups in total. The molecule has 236 valence electrons. The number of thiol groups is 1. The average Bonchev–Trinajstić information content (AvgIpc) is 3.00. The Hall–Kier alpha value is -4.18. The van der Waals surface area contributed by atoms with E-state index in [1.807, 2.05) is 0 Å². The smallest absolute Gasteiger partial charge is 0.407 e. The second-order valence-electron chi connectivity index (χ2n) is 9.92. The number of sulfonamides is 1. The van der Waals surface area contributed by atoms with Gasteiger partial charge in [0.1, 0.15) is 29.1 Å². The summed E-state index contributed by atoms with van der Waals surface area (Å²) in [5, 5.41) is 28.6. The summed E-state index contributed by atoms with van der Waals surface area (Å²) in [6, 6.07) is 13.7. The monoisotopic (exact) mass is 647 g/mol. The fourth-order valence-electron chi connectivity index (χ4n) is 4.37. The molecule has 4 rings (SSSR count). The summed E-state index contributed by atoms with van der Waals surface area (Å²) in [6.07, 6.45) is -2.38. The molecule has 0 saturated carbocycles. The fourth-order valence-corrected chi connectivity index (χ4v) is 6.14. The molecule has 0 spiro atoms. The zero-order chi connectivity index (χ0) is 32.0. The van der Waals surface area contributed by atoms with E-state index in [4.69, 9.17) is 14.2 Å². The minimum atomic E-state index is -4.30. The van der Waals surface area contributed by atoms with Gasteiger partial charge in [-0.05, 0) is 48.9 Å². The quantitative estimate of drug-likeness (QED) is 0.195. The first-order valence-electron chi connectivity index (χ1n) is 13.4. The lowest BCUT2D eigenvalue weighted by atomic mass is 10.1. The van der Waals surface area contributed by atoms with Crippen molar-refractivity contribution in [1.82, 2.24) is 9.80 Å². The van der Waals surface area contributed by atoms with Crippen molar-refractivity contribution in [3.8, 4) is 23.0 Å². The first-order valence-corrected chi connectivity index (χ1v) is 15.4. The van der Waals surface area contributed by atoms with Crippen LogP contribution >= 0.6 is 12.6 Å².